The van der Waals surface area contributed by atoms with Gasteiger partial charge in [0.25, 0.3) is 5.91 Å². The molecule has 212 valence electrons. The van der Waals surface area contributed by atoms with Crippen LogP contribution in [0, 0.1) is 20.8 Å². The molecule has 3 aromatic rings. The second kappa shape index (κ2) is 13.5. The fourth-order valence-electron chi connectivity index (χ4n) is 5.41. The first-order chi connectivity index (χ1) is 19.3. The Hall–Kier alpha value is -3.85. The van der Waals surface area contributed by atoms with Gasteiger partial charge in [0.15, 0.2) is 0 Å². The second-order valence-electron chi connectivity index (χ2n) is 10.5. The minimum absolute atomic E-state index is 0.110. The zero-order valence-corrected chi connectivity index (χ0v) is 24.2. The van der Waals surface area contributed by atoms with Crippen molar-refractivity contribution in [2.75, 3.05) is 31.6 Å². The van der Waals surface area contributed by atoms with E-state index in [-0.39, 0.29) is 11.9 Å². The number of piperidine rings is 1. The topological polar surface area (TPSA) is 101 Å². The lowest BCUT2D eigenvalue weighted by Gasteiger charge is -2.42. The predicted molar refractivity (Wildman–Crippen MR) is 155 cm³/mol. The third kappa shape index (κ3) is 7.01. The minimum Gasteiger partial charge on any atom is -0.465 e. The summed E-state index contributed by atoms with van der Waals surface area (Å²) in [6, 6.07) is 10.4. The molecule has 1 aliphatic rings. The summed E-state index contributed by atoms with van der Waals surface area (Å²) in [4.78, 5) is 42.3. The molecule has 9 heteroatoms. The average Bonchev–Trinajstić information content (AvgIpc) is 2.96. The molecule has 0 aliphatic carbocycles. The molecule has 1 atom stereocenters. The van der Waals surface area contributed by atoms with Crippen molar-refractivity contribution in [3.05, 3.63) is 82.7 Å². The summed E-state index contributed by atoms with van der Waals surface area (Å²) in [6.07, 6.45) is 8.18. The zero-order chi connectivity index (χ0) is 28.6. The number of anilines is 1. The molecule has 40 heavy (non-hydrogen) atoms. The number of hydrogen-bond acceptors (Lipinski definition) is 8. The van der Waals surface area contributed by atoms with Crippen molar-refractivity contribution in [1.82, 2.24) is 25.2 Å². The van der Waals surface area contributed by atoms with Gasteiger partial charge in [-0.2, -0.15) is 0 Å². The average molecular weight is 545 g/mol. The minimum atomic E-state index is -0.331. The lowest BCUT2D eigenvalue weighted by molar-refractivity contribution is 0.0600. The number of aryl methyl sites for hydroxylation is 3. The Bertz CT molecular complexity index is 1280. The quantitative estimate of drug-likeness (QED) is 0.378. The van der Waals surface area contributed by atoms with Crippen LogP contribution < -0.4 is 10.2 Å². The van der Waals surface area contributed by atoms with Crippen LogP contribution in [0.15, 0.2) is 49.1 Å². The molecule has 4 rings (SSSR count). The normalized spacial score (nSPS) is 14.9. The van der Waals surface area contributed by atoms with Crippen LogP contribution in [0.25, 0.3) is 0 Å². The van der Waals surface area contributed by atoms with E-state index in [1.807, 2.05) is 56.6 Å². The van der Waals surface area contributed by atoms with Gasteiger partial charge in [0, 0.05) is 56.3 Å². The van der Waals surface area contributed by atoms with Crippen molar-refractivity contribution in [3.8, 4) is 0 Å². The zero-order valence-electron chi connectivity index (χ0n) is 24.2. The first-order valence-electron chi connectivity index (χ1n) is 13.9. The highest BCUT2D eigenvalue weighted by Crippen LogP contribution is 2.28. The molecule has 0 bridgehead atoms. The SMILES string of the molecule is COC(=O)c1ccc(N(Cc2cnccc2C)C2CCN(C(C)CCNC(=O)c3c(C)ncnc3C)CC2)cc1. The maximum absolute atomic E-state index is 12.7. The number of hydrogen-bond donors (Lipinski definition) is 1. The number of carbonyl (C=O) groups is 2. The largest absolute Gasteiger partial charge is 0.465 e. The highest BCUT2D eigenvalue weighted by Gasteiger charge is 2.28. The predicted octanol–water partition coefficient (Wildman–Crippen LogP) is 4.26. The van der Waals surface area contributed by atoms with Crippen LogP contribution in [0.5, 0.6) is 0 Å². The van der Waals surface area contributed by atoms with E-state index in [1.165, 1.54) is 24.6 Å². The van der Waals surface area contributed by atoms with E-state index in [0.717, 1.165) is 44.6 Å². The van der Waals surface area contributed by atoms with Gasteiger partial charge < -0.3 is 19.9 Å². The highest BCUT2D eigenvalue weighted by molar-refractivity contribution is 5.96. The van der Waals surface area contributed by atoms with Crippen molar-refractivity contribution in [1.29, 1.82) is 0 Å². The van der Waals surface area contributed by atoms with Gasteiger partial charge in [-0.3, -0.25) is 9.78 Å². The molecule has 9 nitrogen and oxygen atoms in total. The molecular weight excluding hydrogens is 504 g/mol. The molecular formula is C31H40N6O3. The maximum Gasteiger partial charge on any atom is 0.337 e. The smallest absolute Gasteiger partial charge is 0.337 e. The first-order valence-corrected chi connectivity index (χ1v) is 13.9. The molecule has 1 saturated heterocycles. The Labute approximate surface area is 237 Å². The number of benzene rings is 1. The summed E-state index contributed by atoms with van der Waals surface area (Å²) in [7, 11) is 1.40. The number of amides is 1. The number of ether oxygens (including phenoxy) is 1. The summed E-state index contributed by atoms with van der Waals surface area (Å²) in [5.74, 6) is -0.442. The monoisotopic (exact) mass is 544 g/mol. The summed E-state index contributed by atoms with van der Waals surface area (Å²) in [5.41, 5.74) is 6.01. The number of likely N-dealkylation sites (tertiary alicyclic amines) is 1. The number of aromatic nitrogens is 3. The Balaban J connectivity index is 1.37. The van der Waals surface area contributed by atoms with Crippen molar-refractivity contribution in [2.24, 2.45) is 0 Å². The van der Waals surface area contributed by atoms with E-state index in [0.29, 0.717) is 41.1 Å². The van der Waals surface area contributed by atoms with Crippen molar-refractivity contribution < 1.29 is 14.3 Å². The summed E-state index contributed by atoms with van der Waals surface area (Å²) in [6.45, 7) is 11.3. The van der Waals surface area contributed by atoms with Crippen LogP contribution in [0.1, 0.15) is 69.4 Å². The molecule has 1 amide bonds. The van der Waals surface area contributed by atoms with Gasteiger partial charge in [0.1, 0.15) is 6.33 Å². The lowest BCUT2D eigenvalue weighted by Crippen LogP contribution is -2.48. The molecule has 2 aromatic heterocycles. The van der Waals surface area contributed by atoms with Gasteiger partial charge in [-0.25, -0.2) is 14.8 Å². The fourth-order valence-corrected chi connectivity index (χ4v) is 5.41. The van der Waals surface area contributed by atoms with Gasteiger partial charge in [0.05, 0.1) is 29.6 Å². The Morgan fingerprint density at radius 2 is 1.75 bits per heavy atom. The molecule has 1 unspecified atom stereocenters. The van der Waals surface area contributed by atoms with Gasteiger partial charge in [-0.05, 0) is 88.4 Å². The van der Waals surface area contributed by atoms with Crippen LogP contribution in [-0.2, 0) is 11.3 Å². The third-order valence-corrected chi connectivity index (χ3v) is 7.97. The van der Waals surface area contributed by atoms with E-state index < -0.39 is 0 Å². The maximum atomic E-state index is 12.7. The van der Waals surface area contributed by atoms with Crippen LogP contribution >= 0.6 is 0 Å². The molecule has 1 aromatic carbocycles. The summed E-state index contributed by atoms with van der Waals surface area (Å²) < 4.78 is 4.88. The Kier molecular flexibility index (Phi) is 9.82. The summed E-state index contributed by atoms with van der Waals surface area (Å²) >= 11 is 0. The molecule has 1 N–H and O–H groups in total. The van der Waals surface area contributed by atoms with Gasteiger partial charge in [-0.1, -0.05) is 0 Å². The molecule has 1 aliphatic heterocycles. The standard InChI is InChI=1S/C31H40N6O3/c1-21-10-14-32-18-26(21)19-37(27-8-6-25(7-9-27)31(39)40-5)28-12-16-36(17-13-28)22(2)11-15-33-30(38)29-23(3)34-20-35-24(29)4/h6-10,14,18,20,22,28H,11-13,15-17,19H2,1-5H3,(H,33,38). The fraction of sp³-hybridized carbons (Fsp3) is 0.452. The van der Waals surface area contributed by atoms with E-state index in [4.69, 9.17) is 4.74 Å². The number of methoxy groups -OCH3 is 1. The molecule has 1 fully saturated rings. The van der Waals surface area contributed by atoms with E-state index >= 15 is 0 Å². The molecule has 3 heterocycles. The lowest BCUT2D eigenvalue weighted by atomic mass is 9.98. The number of nitrogens with one attached hydrogen (secondary N) is 1. The highest BCUT2D eigenvalue weighted by atomic mass is 16.5. The molecule has 0 spiro atoms. The van der Waals surface area contributed by atoms with E-state index in [1.54, 1.807) is 0 Å². The third-order valence-electron chi connectivity index (χ3n) is 7.97. The Morgan fingerprint density at radius 3 is 2.38 bits per heavy atom. The Morgan fingerprint density at radius 1 is 1.07 bits per heavy atom. The number of rotatable bonds is 10. The molecule has 0 radical (unpaired) electrons. The summed E-state index contributed by atoms with van der Waals surface area (Å²) in [5, 5.41) is 3.06. The number of nitrogens with zero attached hydrogens (tertiary/aromatic N) is 5. The first kappa shape index (κ1) is 29.1. The van der Waals surface area contributed by atoms with E-state index in [9.17, 15) is 9.59 Å². The van der Waals surface area contributed by atoms with Crippen LogP contribution in [-0.4, -0.2) is 70.6 Å². The number of esters is 1. The van der Waals surface area contributed by atoms with Gasteiger partial charge in [0.2, 0.25) is 0 Å². The van der Waals surface area contributed by atoms with Crippen molar-refractivity contribution in [3.63, 3.8) is 0 Å². The second-order valence-corrected chi connectivity index (χ2v) is 10.5. The van der Waals surface area contributed by atoms with E-state index in [2.05, 4.69) is 43.9 Å². The van der Waals surface area contributed by atoms with Gasteiger partial charge in [-0.15, -0.1) is 0 Å². The van der Waals surface area contributed by atoms with Gasteiger partial charge >= 0.3 is 5.97 Å². The van der Waals surface area contributed by atoms with Crippen LogP contribution in [0.4, 0.5) is 5.69 Å². The van der Waals surface area contributed by atoms with Crippen LogP contribution in [0.3, 0.4) is 0 Å². The number of pyridine rings is 1. The van der Waals surface area contributed by atoms with Crippen molar-refractivity contribution in [2.45, 2.75) is 65.6 Å². The van der Waals surface area contributed by atoms with Crippen molar-refractivity contribution >= 4 is 17.6 Å². The molecule has 0 saturated carbocycles. The number of carbonyl (C=O) groups excluding carboxylic acids is 2. The van der Waals surface area contributed by atoms with Crippen LogP contribution in [0.2, 0.25) is 0 Å².